The summed E-state index contributed by atoms with van der Waals surface area (Å²) in [5.74, 6) is -1.13. The highest BCUT2D eigenvalue weighted by atomic mass is 79.9. The van der Waals surface area contributed by atoms with Gasteiger partial charge in [0.2, 0.25) is 0 Å². The summed E-state index contributed by atoms with van der Waals surface area (Å²) >= 11 is 8.77. The second-order valence-electron chi connectivity index (χ2n) is 3.42. The average molecular weight is 293 g/mol. The summed E-state index contributed by atoms with van der Waals surface area (Å²) in [5.41, 5.74) is -0.317. The van der Waals surface area contributed by atoms with Crippen molar-refractivity contribution in [3.63, 3.8) is 0 Å². The van der Waals surface area contributed by atoms with Gasteiger partial charge < -0.3 is 9.67 Å². The van der Waals surface area contributed by atoms with E-state index in [0.29, 0.717) is 0 Å². The first-order valence-corrected chi connectivity index (χ1v) is 5.53. The van der Waals surface area contributed by atoms with E-state index < -0.39 is 5.97 Å². The van der Waals surface area contributed by atoms with Crippen molar-refractivity contribution in [2.75, 3.05) is 0 Å². The average Bonchev–Trinajstić information content (AvgIpc) is 2.97. The number of pyridine rings is 1. The van der Waals surface area contributed by atoms with Crippen molar-refractivity contribution >= 4 is 33.5 Å². The fourth-order valence-corrected chi connectivity index (χ4v) is 1.98. The Balaban J connectivity index is 2.68. The maximum absolute atomic E-state index is 11.7. The van der Waals surface area contributed by atoms with E-state index in [9.17, 15) is 9.59 Å². The molecule has 1 aliphatic carbocycles. The molecule has 0 atom stereocenters. The zero-order valence-electron chi connectivity index (χ0n) is 7.54. The van der Waals surface area contributed by atoms with E-state index in [-0.39, 0.29) is 26.7 Å². The Labute approximate surface area is 98.6 Å². The topological polar surface area (TPSA) is 59.3 Å². The normalized spacial score (nSPS) is 15.3. The van der Waals surface area contributed by atoms with Gasteiger partial charge in [-0.15, -0.1) is 0 Å². The van der Waals surface area contributed by atoms with E-state index in [2.05, 4.69) is 15.9 Å². The third-order valence-electron chi connectivity index (χ3n) is 2.29. The van der Waals surface area contributed by atoms with Crippen LogP contribution in [0.15, 0.2) is 15.5 Å². The highest BCUT2D eigenvalue weighted by Crippen LogP contribution is 2.35. The minimum absolute atomic E-state index is 0.0376. The molecule has 0 bridgehead atoms. The molecule has 1 aliphatic rings. The molecule has 0 amide bonds. The van der Waals surface area contributed by atoms with Crippen LogP contribution in [0.1, 0.15) is 29.2 Å². The van der Waals surface area contributed by atoms with Gasteiger partial charge in [0.1, 0.15) is 4.47 Å². The van der Waals surface area contributed by atoms with Crippen LogP contribution in [-0.4, -0.2) is 15.6 Å². The summed E-state index contributed by atoms with van der Waals surface area (Å²) in [6.07, 6.45) is 3.13. The van der Waals surface area contributed by atoms with Gasteiger partial charge in [-0.2, -0.15) is 0 Å². The van der Waals surface area contributed by atoms with Crippen LogP contribution in [0.5, 0.6) is 0 Å². The van der Waals surface area contributed by atoms with Crippen molar-refractivity contribution in [3.05, 3.63) is 31.6 Å². The number of aromatic carboxylic acids is 1. The molecule has 15 heavy (non-hydrogen) atoms. The van der Waals surface area contributed by atoms with E-state index >= 15 is 0 Å². The van der Waals surface area contributed by atoms with Crippen molar-refractivity contribution in [3.8, 4) is 0 Å². The van der Waals surface area contributed by atoms with Crippen LogP contribution in [0.2, 0.25) is 5.02 Å². The predicted molar refractivity (Wildman–Crippen MR) is 58.6 cm³/mol. The molecule has 0 aliphatic heterocycles. The smallest absolute Gasteiger partial charge is 0.338 e. The Morgan fingerprint density at radius 3 is 2.67 bits per heavy atom. The second-order valence-corrected chi connectivity index (χ2v) is 4.59. The molecular weight excluding hydrogens is 285 g/mol. The zero-order chi connectivity index (χ0) is 11.2. The van der Waals surface area contributed by atoms with Crippen molar-refractivity contribution < 1.29 is 9.90 Å². The number of rotatable bonds is 2. The third kappa shape index (κ3) is 1.81. The lowest BCUT2D eigenvalue weighted by atomic mass is 10.3. The van der Waals surface area contributed by atoms with Gasteiger partial charge in [-0.1, -0.05) is 11.6 Å². The van der Waals surface area contributed by atoms with Crippen LogP contribution < -0.4 is 5.56 Å². The number of carboxylic acids is 1. The van der Waals surface area contributed by atoms with Gasteiger partial charge in [0.25, 0.3) is 5.56 Å². The molecule has 1 saturated carbocycles. The Kier molecular flexibility index (Phi) is 2.60. The summed E-state index contributed by atoms with van der Waals surface area (Å²) in [4.78, 5) is 22.5. The summed E-state index contributed by atoms with van der Waals surface area (Å²) in [5, 5.41) is 8.85. The standard InChI is InChI=1S/C9H7BrClNO3/c10-6-7(11)5(9(14)15)3-12(8(6)13)4-1-2-4/h3-4H,1-2H2,(H,14,15). The van der Waals surface area contributed by atoms with Gasteiger partial charge in [-0.3, -0.25) is 4.79 Å². The van der Waals surface area contributed by atoms with Crippen LogP contribution >= 0.6 is 27.5 Å². The van der Waals surface area contributed by atoms with Gasteiger partial charge >= 0.3 is 5.97 Å². The molecule has 0 saturated heterocycles. The first kappa shape index (κ1) is 10.7. The Morgan fingerprint density at radius 2 is 2.20 bits per heavy atom. The SMILES string of the molecule is O=C(O)c1cn(C2CC2)c(=O)c(Br)c1Cl. The molecule has 4 nitrogen and oxygen atoms in total. The molecule has 0 aromatic carbocycles. The van der Waals surface area contributed by atoms with Crippen LogP contribution in [0.4, 0.5) is 0 Å². The fourth-order valence-electron chi connectivity index (χ4n) is 1.35. The lowest BCUT2D eigenvalue weighted by Gasteiger charge is -2.07. The van der Waals surface area contributed by atoms with E-state index in [4.69, 9.17) is 16.7 Å². The molecule has 1 N–H and O–H groups in total. The maximum atomic E-state index is 11.7. The van der Waals surface area contributed by atoms with E-state index in [1.165, 1.54) is 10.8 Å². The predicted octanol–water partition coefficient (Wildman–Crippen LogP) is 2.30. The Bertz CT molecular complexity index is 493. The van der Waals surface area contributed by atoms with Crippen LogP contribution in [-0.2, 0) is 0 Å². The van der Waals surface area contributed by atoms with Crippen LogP contribution in [0.25, 0.3) is 0 Å². The fraction of sp³-hybridized carbons (Fsp3) is 0.333. The molecule has 80 valence electrons. The first-order valence-electron chi connectivity index (χ1n) is 4.35. The number of nitrogens with zero attached hydrogens (tertiary/aromatic N) is 1. The number of carbonyl (C=O) groups is 1. The van der Waals surface area contributed by atoms with E-state index in [1.807, 2.05) is 0 Å². The lowest BCUT2D eigenvalue weighted by molar-refractivity contribution is 0.0696. The number of aromatic nitrogens is 1. The molecule has 0 unspecified atom stereocenters. The van der Waals surface area contributed by atoms with Crippen LogP contribution in [0.3, 0.4) is 0 Å². The van der Waals surface area contributed by atoms with Crippen molar-refractivity contribution in [2.45, 2.75) is 18.9 Å². The van der Waals surface area contributed by atoms with Gasteiger partial charge in [0.15, 0.2) is 0 Å². The van der Waals surface area contributed by atoms with Gasteiger partial charge in [0.05, 0.1) is 10.6 Å². The number of hydrogen-bond donors (Lipinski definition) is 1. The molecule has 0 radical (unpaired) electrons. The molecule has 2 rings (SSSR count). The summed E-state index contributed by atoms with van der Waals surface area (Å²) in [7, 11) is 0. The number of hydrogen-bond acceptors (Lipinski definition) is 2. The summed E-state index contributed by atoms with van der Waals surface area (Å²) in [6.45, 7) is 0. The molecule has 1 heterocycles. The Hall–Kier alpha value is -0.810. The molecular formula is C9H7BrClNO3. The highest BCUT2D eigenvalue weighted by Gasteiger charge is 2.27. The molecule has 1 fully saturated rings. The molecule has 0 spiro atoms. The second kappa shape index (κ2) is 3.64. The quantitative estimate of drug-likeness (QED) is 0.910. The third-order valence-corrected chi connectivity index (χ3v) is 3.65. The van der Waals surface area contributed by atoms with Crippen molar-refractivity contribution in [1.29, 1.82) is 0 Å². The molecule has 6 heteroatoms. The van der Waals surface area contributed by atoms with Crippen molar-refractivity contribution in [2.24, 2.45) is 0 Å². The highest BCUT2D eigenvalue weighted by molar-refractivity contribution is 9.10. The maximum Gasteiger partial charge on any atom is 0.338 e. The summed E-state index contributed by atoms with van der Waals surface area (Å²) < 4.78 is 1.55. The zero-order valence-corrected chi connectivity index (χ0v) is 9.88. The van der Waals surface area contributed by atoms with Crippen LogP contribution in [0, 0.1) is 0 Å². The minimum atomic E-state index is -1.13. The van der Waals surface area contributed by atoms with Gasteiger partial charge in [-0.05, 0) is 28.8 Å². The molecule has 1 aromatic heterocycles. The van der Waals surface area contributed by atoms with Crippen molar-refractivity contribution in [1.82, 2.24) is 4.57 Å². The number of carboxylic acid groups (broad SMARTS) is 1. The van der Waals surface area contributed by atoms with Gasteiger partial charge in [-0.25, -0.2) is 4.79 Å². The largest absolute Gasteiger partial charge is 0.478 e. The molecule has 1 aromatic rings. The lowest BCUT2D eigenvalue weighted by Crippen LogP contribution is -2.21. The monoisotopic (exact) mass is 291 g/mol. The Morgan fingerprint density at radius 1 is 1.60 bits per heavy atom. The van der Waals surface area contributed by atoms with Gasteiger partial charge in [0, 0.05) is 12.2 Å². The first-order chi connectivity index (χ1) is 7.02. The minimum Gasteiger partial charge on any atom is -0.478 e. The number of halogens is 2. The summed E-state index contributed by atoms with van der Waals surface area (Å²) in [6, 6.07) is 0.129. The van der Waals surface area contributed by atoms with E-state index in [0.717, 1.165) is 12.8 Å². The van der Waals surface area contributed by atoms with E-state index in [1.54, 1.807) is 0 Å².